The van der Waals surface area contributed by atoms with Crippen LogP contribution in [0.1, 0.15) is 30.6 Å². The molecule has 1 aromatic heterocycles. The molecule has 0 spiro atoms. The Hall–Kier alpha value is -3.61. The highest BCUT2D eigenvalue weighted by molar-refractivity contribution is 6.01. The topological polar surface area (TPSA) is 82.5 Å². The molecule has 0 aliphatic carbocycles. The predicted octanol–water partition coefficient (Wildman–Crippen LogP) is 3.87. The number of esters is 1. The number of amides is 1. The number of nitrogens with zero attached hydrogens (tertiary/aromatic N) is 2. The van der Waals surface area contributed by atoms with Crippen LogP contribution in [0.2, 0.25) is 0 Å². The van der Waals surface area contributed by atoms with Crippen LogP contribution in [0.15, 0.2) is 60.8 Å². The van der Waals surface area contributed by atoms with Crippen LogP contribution >= 0.6 is 0 Å². The van der Waals surface area contributed by atoms with Crippen molar-refractivity contribution in [2.75, 3.05) is 14.2 Å². The molecule has 7 nitrogen and oxygen atoms in total. The summed E-state index contributed by atoms with van der Waals surface area (Å²) >= 11 is 0. The highest BCUT2D eigenvalue weighted by Crippen LogP contribution is 2.26. The zero-order chi connectivity index (χ0) is 22.4. The lowest BCUT2D eigenvalue weighted by atomic mass is 10.0. The van der Waals surface area contributed by atoms with Crippen molar-refractivity contribution in [1.82, 2.24) is 15.1 Å². The van der Waals surface area contributed by atoms with Gasteiger partial charge in [-0.15, -0.1) is 0 Å². The summed E-state index contributed by atoms with van der Waals surface area (Å²) < 4.78 is 11.8. The van der Waals surface area contributed by atoms with E-state index in [4.69, 9.17) is 9.47 Å². The molecule has 0 fully saturated rings. The van der Waals surface area contributed by atoms with Gasteiger partial charge in [0.05, 0.1) is 25.5 Å². The second-order valence-electron chi connectivity index (χ2n) is 7.58. The Labute approximate surface area is 182 Å². The van der Waals surface area contributed by atoms with Gasteiger partial charge in [-0.1, -0.05) is 32.0 Å². The number of ether oxygens (including phenoxy) is 2. The molecule has 0 radical (unpaired) electrons. The van der Waals surface area contributed by atoms with Gasteiger partial charge in [-0.2, -0.15) is 5.10 Å². The normalized spacial score (nSPS) is 11.8. The Morgan fingerprint density at radius 2 is 1.71 bits per heavy atom. The molecular formula is C24H27N3O4. The summed E-state index contributed by atoms with van der Waals surface area (Å²) in [5.74, 6) is 0.0602. The second-order valence-corrected chi connectivity index (χ2v) is 7.58. The minimum Gasteiger partial charge on any atom is -0.497 e. The largest absolute Gasteiger partial charge is 0.497 e. The first-order valence-electron chi connectivity index (χ1n) is 10.1. The Kier molecular flexibility index (Phi) is 7.07. The van der Waals surface area contributed by atoms with Crippen molar-refractivity contribution in [3.8, 4) is 22.7 Å². The average Bonchev–Trinajstić information content (AvgIpc) is 3.24. The van der Waals surface area contributed by atoms with Crippen molar-refractivity contribution in [3.05, 3.63) is 66.4 Å². The summed E-state index contributed by atoms with van der Waals surface area (Å²) in [7, 11) is 2.91. The van der Waals surface area contributed by atoms with Gasteiger partial charge in [0, 0.05) is 11.8 Å². The van der Waals surface area contributed by atoms with E-state index in [-0.39, 0.29) is 11.8 Å². The van der Waals surface area contributed by atoms with Crippen LogP contribution in [0.4, 0.5) is 0 Å². The van der Waals surface area contributed by atoms with Gasteiger partial charge in [0.15, 0.2) is 0 Å². The SMILES string of the molecule is COC(=O)C(CC(C)C)NC(=O)c1cn(-c2ccccc2)nc1-c1ccc(OC)cc1. The highest BCUT2D eigenvalue weighted by Gasteiger charge is 2.26. The molecule has 0 aliphatic rings. The Bertz CT molecular complexity index is 1030. The monoisotopic (exact) mass is 421 g/mol. The van der Waals surface area contributed by atoms with E-state index in [1.807, 2.05) is 68.4 Å². The number of benzene rings is 2. The number of carbonyl (C=O) groups excluding carboxylic acids is 2. The molecule has 31 heavy (non-hydrogen) atoms. The standard InChI is InChI=1S/C24H27N3O4/c1-16(2)14-21(24(29)31-4)25-23(28)20-15-27(18-8-6-5-7-9-18)26-22(20)17-10-12-19(30-3)13-11-17/h5-13,15-16,21H,14H2,1-4H3,(H,25,28). The molecule has 1 atom stereocenters. The molecule has 1 amide bonds. The molecule has 7 heteroatoms. The van der Waals surface area contributed by atoms with Crippen molar-refractivity contribution >= 4 is 11.9 Å². The fourth-order valence-corrected chi connectivity index (χ4v) is 3.28. The first-order valence-corrected chi connectivity index (χ1v) is 10.1. The summed E-state index contributed by atoms with van der Waals surface area (Å²) in [5.41, 5.74) is 2.46. The third-order valence-corrected chi connectivity index (χ3v) is 4.84. The number of hydrogen-bond acceptors (Lipinski definition) is 5. The van der Waals surface area contributed by atoms with Crippen molar-refractivity contribution in [2.45, 2.75) is 26.3 Å². The first kappa shape index (κ1) is 22.1. The van der Waals surface area contributed by atoms with Crippen LogP contribution in [0.3, 0.4) is 0 Å². The number of carbonyl (C=O) groups is 2. The number of rotatable bonds is 8. The fourth-order valence-electron chi connectivity index (χ4n) is 3.28. The minimum absolute atomic E-state index is 0.206. The second kappa shape index (κ2) is 9.93. The number of methoxy groups -OCH3 is 2. The van der Waals surface area contributed by atoms with Crippen LogP contribution in [-0.2, 0) is 9.53 Å². The molecule has 3 rings (SSSR count). The van der Waals surface area contributed by atoms with E-state index >= 15 is 0 Å². The average molecular weight is 421 g/mol. The number of para-hydroxylation sites is 1. The van der Waals surface area contributed by atoms with Crippen molar-refractivity contribution in [3.63, 3.8) is 0 Å². The van der Waals surface area contributed by atoms with E-state index in [1.165, 1.54) is 7.11 Å². The van der Waals surface area contributed by atoms with Gasteiger partial charge < -0.3 is 14.8 Å². The summed E-state index contributed by atoms with van der Waals surface area (Å²) in [6.45, 7) is 3.97. The highest BCUT2D eigenvalue weighted by atomic mass is 16.5. The van der Waals surface area contributed by atoms with Crippen LogP contribution < -0.4 is 10.1 Å². The molecule has 0 saturated heterocycles. The van der Waals surface area contributed by atoms with Crippen LogP contribution in [0, 0.1) is 5.92 Å². The third kappa shape index (κ3) is 5.31. The molecule has 0 bridgehead atoms. The Morgan fingerprint density at radius 1 is 1.03 bits per heavy atom. The Morgan fingerprint density at radius 3 is 2.29 bits per heavy atom. The molecule has 1 heterocycles. The maximum Gasteiger partial charge on any atom is 0.328 e. The van der Waals surface area contributed by atoms with Gasteiger partial charge in [0.1, 0.15) is 17.5 Å². The van der Waals surface area contributed by atoms with E-state index in [0.29, 0.717) is 23.4 Å². The van der Waals surface area contributed by atoms with Crippen molar-refractivity contribution < 1.29 is 19.1 Å². The lowest BCUT2D eigenvalue weighted by Gasteiger charge is -2.18. The van der Waals surface area contributed by atoms with E-state index in [9.17, 15) is 9.59 Å². The zero-order valence-electron chi connectivity index (χ0n) is 18.2. The van der Waals surface area contributed by atoms with Crippen molar-refractivity contribution in [1.29, 1.82) is 0 Å². The summed E-state index contributed by atoms with van der Waals surface area (Å²) in [4.78, 5) is 25.4. The summed E-state index contributed by atoms with van der Waals surface area (Å²) in [5, 5.41) is 7.48. The van der Waals surface area contributed by atoms with Crippen LogP contribution in [0.5, 0.6) is 5.75 Å². The molecule has 0 saturated carbocycles. The molecule has 162 valence electrons. The Balaban J connectivity index is 2.00. The predicted molar refractivity (Wildman–Crippen MR) is 118 cm³/mol. The summed E-state index contributed by atoms with van der Waals surface area (Å²) in [6.07, 6.45) is 2.15. The number of nitrogens with one attached hydrogen (secondary N) is 1. The van der Waals surface area contributed by atoms with Gasteiger partial charge in [-0.3, -0.25) is 4.79 Å². The van der Waals surface area contributed by atoms with Crippen LogP contribution in [-0.4, -0.2) is 41.9 Å². The zero-order valence-corrected chi connectivity index (χ0v) is 18.2. The van der Waals surface area contributed by atoms with Crippen molar-refractivity contribution in [2.24, 2.45) is 5.92 Å². The maximum atomic E-state index is 13.2. The van der Waals surface area contributed by atoms with Crippen LogP contribution in [0.25, 0.3) is 16.9 Å². The van der Waals surface area contributed by atoms with Gasteiger partial charge in [0.2, 0.25) is 0 Å². The number of aromatic nitrogens is 2. The third-order valence-electron chi connectivity index (χ3n) is 4.84. The quantitative estimate of drug-likeness (QED) is 0.559. The van der Waals surface area contributed by atoms with Gasteiger partial charge in [-0.05, 0) is 48.7 Å². The summed E-state index contributed by atoms with van der Waals surface area (Å²) in [6, 6.07) is 16.1. The van der Waals surface area contributed by atoms with E-state index in [1.54, 1.807) is 18.0 Å². The minimum atomic E-state index is -0.735. The molecular weight excluding hydrogens is 394 g/mol. The van der Waals surface area contributed by atoms with Gasteiger partial charge >= 0.3 is 5.97 Å². The van der Waals surface area contributed by atoms with E-state index in [0.717, 1.165) is 11.3 Å². The van der Waals surface area contributed by atoms with Gasteiger partial charge in [-0.25, -0.2) is 9.48 Å². The first-order chi connectivity index (χ1) is 14.9. The van der Waals surface area contributed by atoms with Gasteiger partial charge in [0.25, 0.3) is 5.91 Å². The molecule has 2 aromatic carbocycles. The lowest BCUT2D eigenvalue weighted by molar-refractivity contribution is -0.143. The number of hydrogen-bond donors (Lipinski definition) is 1. The maximum absolute atomic E-state index is 13.2. The molecule has 0 aliphatic heterocycles. The smallest absolute Gasteiger partial charge is 0.328 e. The molecule has 1 unspecified atom stereocenters. The van der Waals surface area contributed by atoms with E-state index < -0.39 is 12.0 Å². The lowest BCUT2D eigenvalue weighted by Crippen LogP contribution is -2.42. The molecule has 3 aromatic rings. The van der Waals surface area contributed by atoms with E-state index in [2.05, 4.69) is 10.4 Å². The fraction of sp³-hybridized carbons (Fsp3) is 0.292. The molecule has 1 N–H and O–H groups in total.